The Morgan fingerprint density at radius 2 is 1.56 bits per heavy atom. The van der Waals surface area contributed by atoms with Gasteiger partial charge in [-0.3, -0.25) is 0 Å². The first-order valence-corrected chi connectivity index (χ1v) is 5.52. The van der Waals surface area contributed by atoms with Crippen molar-refractivity contribution >= 4 is 10.9 Å². The summed E-state index contributed by atoms with van der Waals surface area (Å²) in [5.74, 6) is 0.0280. The molecule has 0 atom stereocenters. The van der Waals surface area contributed by atoms with Crippen molar-refractivity contribution in [2.24, 2.45) is 0 Å². The molecule has 82 valence electrons. The molecule has 0 saturated heterocycles. The maximum absolute atomic E-state index is 11.7. The van der Waals surface area contributed by atoms with E-state index < -0.39 is 0 Å². The van der Waals surface area contributed by atoms with Crippen molar-refractivity contribution in [3.63, 3.8) is 0 Å². The Labute approximate surface area is 154 Å². The number of para-hydroxylation sites is 1. The van der Waals surface area contributed by atoms with Crippen LogP contribution in [0.5, 0.6) is 5.75 Å². The van der Waals surface area contributed by atoms with Crippen molar-refractivity contribution < 1.29 is 68.3 Å². The maximum Gasteiger partial charge on any atom is 1.00 e. The van der Waals surface area contributed by atoms with Gasteiger partial charge in [0.1, 0.15) is 0 Å². The van der Waals surface area contributed by atoms with E-state index in [0.29, 0.717) is 5.52 Å². The Balaban J connectivity index is 0.00000120. The Morgan fingerprint density at radius 3 is 2.33 bits per heavy atom. The SMILES string of the molecule is [O-]c1cccc2ccc(-c3ccccc3)[nH+]c12.[Rb+]. The minimum Gasteiger partial charge on any atom is -0.868 e. The van der Waals surface area contributed by atoms with Gasteiger partial charge in [-0.25, -0.2) is 4.98 Å². The van der Waals surface area contributed by atoms with Crippen LogP contribution in [0.1, 0.15) is 0 Å². The number of benzene rings is 2. The van der Waals surface area contributed by atoms with Gasteiger partial charge in [0.2, 0.25) is 11.2 Å². The second-order valence-corrected chi connectivity index (χ2v) is 3.96. The number of aromatic nitrogens is 1. The molecule has 3 aromatic rings. The van der Waals surface area contributed by atoms with Crippen LogP contribution in [0, 0.1) is 0 Å². The first-order chi connectivity index (χ1) is 8.34. The number of nitrogens with one attached hydrogen (secondary N) is 1. The standard InChI is InChI=1S/C15H11NO.Rb/c17-14-8-4-7-12-9-10-13(16-15(12)14)11-5-2-1-3-6-11;/h1-10,17H;/q;+1. The smallest absolute Gasteiger partial charge is 0.868 e. The van der Waals surface area contributed by atoms with Gasteiger partial charge in [-0.05, 0) is 30.0 Å². The van der Waals surface area contributed by atoms with Crippen LogP contribution in [0.15, 0.2) is 60.7 Å². The zero-order valence-electron chi connectivity index (χ0n) is 10.2. The van der Waals surface area contributed by atoms with Crippen LogP contribution in [0.25, 0.3) is 22.2 Å². The molecule has 3 rings (SSSR count). The van der Waals surface area contributed by atoms with Gasteiger partial charge in [-0.15, -0.1) is 0 Å². The van der Waals surface area contributed by atoms with Gasteiger partial charge in [0.15, 0.2) is 0 Å². The number of H-pyrrole nitrogens is 1. The molecule has 0 aliphatic carbocycles. The normalized spacial score (nSPS) is 10.0. The third-order valence-corrected chi connectivity index (χ3v) is 2.83. The maximum atomic E-state index is 11.7. The van der Waals surface area contributed by atoms with Crippen molar-refractivity contribution in [1.82, 2.24) is 0 Å². The molecular formula is C15H11NORb+. The summed E-state index contributed by atoms with van der Waals surface area (Å²) < 4.78 is 0. The third kappa shape index (κ3) is 2.72. The Morgan fingerprint density at radius 1 is 0.778 bits per heavy atom. The summed E-state index contributed by atoms with van der Waals surface area (Å²) in [6.45, 7) is 0. The van der Waals surface area contributed by atoms with Gasteiger partial charge in [-0.1, -0.05) is 30.3 Å². The van der Waals surface area contributed by atoms with E-state index in [4.69, 9.17) is 0 Å². The van der Waals surface area contributed by atoms with Crippen molar-refractivity contribution in [3.05, 3.63) is 60.7 Å². The number of rotatable bonds is 1. The zero-order valence-corrected chi connectivity index (χ0v) is 15.1. The van der Waals surface area contributed by atoms with Crippen LogP contribution in [0.2, 0.25) is 0 Å². The predicted molar refractivity (Wildman–Crippen MR) is 65.4 cm³/mol. The molecule has 1 heterocycles. The number of hydrogen-bond donors (Lipinski definition) is 0. The topological polar surface area (TPSA) is 37.2 Å². The van der Waals surface area contributed by atoms with E-state index in [-0.39, 0.29) is 63.9 Å². The van der Waals surface area contributed by atoms with E-state index in [2.05, 4.69) is 4.98 Å². The number of aromatic amines is 1. The average molecular weight is 307 g/mol. The monoisotopic (exact) mass is 306 g/mol. The molecule has 0 aliphatic heterocycles. The summed E-state index contributed by atoms with van der Waals surface area (Å²) in [5.41, 5.74) is 2.70. The number of hydrogen-bond acceptors (Lipinski definition) is 1. The summed E-state index contributed by atoms with van der Waals surface area (Å²) in [6, 6.07) is 19.2. The minimum atomic E-state index is 0. The largest absolute Gasteiger partial charge is 1.00 e. The summed E-state index contributed by atoms with van der Waals surface area (Å²) in [5, 5.41) is 12.7. The van der Waals surface area contributed by atoms with Crippen LogP contribution < -0.4 is 68.3 Å². The van der Waals surface area contributed by atoms with Gasteiger partial charge in [0.05, 0.1) is 0 Å². The molecule has 18 heavy (non-hydrogen) atoms. The fraction of sp³-hybridized carbons (Fsp3) is 0. The molecule has 0 amide bonds. The average Bonchev–Trinajstić information content (AvgIpc) is 2.40. The molecule has 2 aromatic carbocycles. The van der Waals surface area contributed by atoms with Crippen LogP contribution in [0.3, 0.4) is 0 Å². The molecular weight excluding hydrogens is 296 g/mol. The second-order valence-electron chi connectivity index (χ2n) is 3.96. The molecule has 2 nitrogen and oxygen atoms in total. The van der Waals surface area contributed by atoms with E-state index in [1.165, 1.54) is 0 Å². The van der Waals surface area contributed by atoms with E-state index in [1.807, 2.05) is 48.5 Å². The van der Waals surface area contributed by atoms with Crippen LogP contribution in [-0.4, -0.2) is 0 Å². The van der Waals surface area contributed by atoms with Gasteiger partial charge in [0.25, 0.3) is 0 Å². The minimum absolute atomic E-state index is 0. The molecule has 0 aliphatic rings. The van der Waals surface area contributed by atoms with Crippen molar-refractivity contribution in [1.29, 1.82) is 0 Å². The van der Waals surface area contributed by atoms with E-state index in [0.717, 1.165) is 16.6 Å². The zero-order chi connectivity index (χ0) is 11.7. The number of fused-ring (bicyclic) bond motifs is 1. The summed E-state index contributed by atoms with van der Waals surface area (Å²) in [7, 11) is 0. The van der Waals surface area contributed by atoms with Gasteiger partial charge >= 0.3 is 58.2 Å². The molecule has 0 spiro atoms. The molecule has 1 aromatic heterocycles. The van der Waals surface area contributed by atoms with Gasteiger partial charge < -0.3 is 5.11 Å². The second kappa shape index (κ2) is 6.07. The fourth-order valence-corrected chi connectivity index (χ4v) is 1.96. The van der Waals surface area contributed by atoms with E-state index in [1.54, 1.807) is 12.1 Å². The summed E-state index contributed by atoms with van der Waals surface area (Å²) in [6.07, 6.45) is 0. The summed E-state index contributed by atoms with van der Waals surface area (Å²) in [4.78, 5) is 3.20. The van der Waals surface area contributed by atoms with Crippen LogP contribution >= 0.6 is 0 Å². The molecule has 0 fully saturated rings. The first kappa shape index (κ1) is 13.9. The van der Waals surface area contributed by atoms with Crippen LogP contribution in [-0.2, 0) is 0 Å². The van der Waals surface area contributed by atoms with E-state index in [9.17, 15) is 5.11 Å². The predicted octanol–water partition coefficient (Wildman–Crippen LogP) is -0.602. The summed E-state index contributed by atoms with van der Waals surface area (Å²) >= 11 is 0. The first-order valence-electron chi connectivity index (χ1n) is 5.52. The molecule has 0 bridgehead atoms. The Hall–Kier alpha value is -0.545. The Bertz CT molecular complexity index is 668. The van der Waals surface area contributed by atoms with Crippen molar-refractivity contribution in [3.8, 4) is 17.0 Å². The molecule has 0 radical (unpaired) electrons. The van der Waals surface area contributed by atoms with E-state index >= 15 is 0 Å². The van der Waals surface area contributed by atoms with Gasteiger partial charge in [0, 0.05) is 17.0 Å². The quantitative estimate of drug-likeness (QED) is 0.591. The van der Waals surface area contributed by atoms with Crippen molar-refractivity contribution in [2.75, 3.05) is 0 Å². The molecule has 3 heteroatoms. The van der Waals surface area contributed by atoms with Gasteiger partial charge in [-0.2, -0.15) is 0 Å². The molecule has 0 saturated carbocycles. The molecule has 1 N–H and O–H groups in total. The third-order valence-electron chi connectivity index (χ3n) is 2.83. The Kier molecular flexibility index (Phi) is 4.68. The van der Waals surface area contributed by atoms with Crippen LogP contribution in [0.4, 0.5) is 0 Å². The fourth-order valence-electron chi connectivity index (χ4n) is 1.96. The van der Waals surface area contributed by atoms with Crippen molar-refractivity contribution in [2.45, 2.75) is 0 Å². The number of pyridine rings is 1. The molecule has 0 unspecified atom stereocenters.